The van der Waals surface area contributed by atoms with E-state index in [1.54, 1.807) is 12.1 Å². The number of ether oxygens (including phenoxy) is 1. The third kappa shape index (κ3) is 4.34. The lowest BCUT2D eigenvalue weighted by Crippen LogP contribution is -2.41. The molecule has 2 fully saturated rings. The summed E-state index contributed by atoms with van der Waals surface area (Å²) < 4.78 is 20.4. The van der Waals surface area contributed by atoms with Gasteiger partial charge in [-0.2, -0.15) is 9.97 Å². The molecule has 36 heavy (non-hydrogen) atoms. The van der Waals surface area contributed by atoms with Crippen LogP contribution in [0.15, 0.2) is 36.7 Å². The number of carbonyl (C=O) groups is 1. The second kappa shape index (κ2) is 9.38. The first-order valence-corrected chi connectivity index (χ1v) is 12.4. The van der Waals surface area contributed by atoms with Crippen molar-refractivity contribution in [3.8, 4) is 5.75 Å². The van der Waals surface area contributed by atoms with Crippen molar-refractivity contribution in [3.05, 3.63) is 42.5 Å². The summed E-state index contributed by atoms with van der Waals surface area (Å²) in [6, 6.07) is 4.53. The van der Waals surface area contributed by atoms with E-state index in [2.05, 4.69) is 47.6 Å². The van der Waals surface area contributed by atoms with Crippen LogP contribution >= 0.6 is 0 Å². The van der Waals surface area contributed by atoms with Crippen molar-refractivity contribution in [3.63, 3.8) is 0 Å². The van der Waals surface area contributed by atoms with Gasteiger partial charge in [0.2, 0.25) is 11.9 Å². The minimum Gasteiger partial charge on any atom is -0.489 e. The number of aromatic nitrogens is 4. The van der Waals surface area contributed by atoms with Crippen molar-refractivity contribution in [1.29, 1.82) is 0 Å². The summed E-state index contributed by atoms with van der Waals surface area (Å²) in [4.78, 5) is 30.9. The molecule has 0 radical (unpaired) electrons. The maximum absolute atomic E-state index is 14.7. The minimum atomic E-state index is -0.458. The highest BCUT2D eigenvalue weighted by atomic mass is 19.1. The minimum absolute atomic E-state index is 0.137. The molecule has 0 spiro atoms. The lowest BCUT2D eigenvalue weighted by molar-refractivity contribution is -0.122. The Labute approximate surface area is 207 Å². The molecule has 1 aliphatic heterocycles. The van der Waals surface area contributed by atoms with Gasteiger partial charge in [-0.1, -0.05) is 12.2 Å². The fourth-order valence-electron chi connectivity index (χ4n) is 5.67. The van der Waals surface area contributed by atoms with Gasteiger partial charge in [-0.15, -0.1) is 0 Å². The molecular weight excluding hydrogens is 463 g/mol. The number of nitrogens with zero attached hydrogens (tertiary/aromatic N) is 4. The zero-order valence-electron chi connectivity index (χ0n) is 19.8. The normalized spacial score (nSPS) is 25.0. The van der Waals surface area contributed by atoms with Gasteiger partial charge < -0.3 is 26.1 Å². The van der Waals surface area contributed by atoms with Crippen LogP contribution in [0.2, 0.25) is 0 Å². The van der Waals surface area contributed by atoms with Crippen molar-refractivity contribution in [2.75, 3.05) is 36.9 Å². The molecule has 4 unspecified atom stereocenters. The average Bonchev–Trinajstić information content (AvgIpc) is 3.65. The Morgan fingerprint density at radius 2 is 2.06 bits per heavy atom. The Morgan fingerprint density at radius 1 is 1.22 bits per heavy atom. The van der Waals surface area contributed by atoms with Crippen LogP contribution in [0.5, 0.6) is 5.75 Å². The number of hydrogen-bond acceptors (Lipinski definition) is 8. The molecule has 10 nitrogen and oxygen atoms in total. The summed E-state index contributed by atoms with van der Waals surface area (Å²) in [7, 11) is 0. The molecule has 5 N–H and O–H groups in total. The van der Waals surface area contributed by atoms with Crippen LogP contribution in [0.1, 0.15) is 19.3 Å². The van der Waals surface area contributed by atoms with Gasteiger partial charge in [0.1, 0.15) is 12.1 Å². The summed E-state index contributed by atoms with van der Waals surface area (Å²) in [6.07, 6.45) is 9.04. The summed E-state index contributed by atoms with van der Waals surface area (Å²) in [5.74, 6) is 0.210. The molecule has 188 valence electrons. The van der Waals surface area contributed by atoms with E-state index < -0.39 is 5.82 Å². The standard InChI is InChI=1S/C25H29FN8O2/c26-17-12-16(5-6-18(17)36-10-9-34-7-1-2-8-34)30-25-32-23-21(28-13-29-23)24(33-25)31-20-15-4-3-14(11-15)19(20)22(27)35/h3-6,12-15,19-20H,1-2,7-11H2,(H2,27,35)(H3,28,29,30,31,32,33). The van der Waals surface area contributed by atoms with Gasteiger partial charge in [0, 0.05) is 24.3 Å². The van der Waals surface area contributed by atoms with Crippen LogP contribution in [-0.4, -0.2) is 63.0 Å². The molecule has 4 atom stereocenters. The van der Waals surface area contributed by atoms with E-state index in [0.29, 0.717) is 29.3 Å². The van der Waals surface area contributed by atoms with Crippen molar-refractivity contribution >= 4 is 34.5 Å². The second-order valence-corrected chi connectivity index (χ2v) is 9.71. The summed E-state index contributed by atoms with van der Waals surface area (Å²) >= 11 is 0. The Hall–Kier alpha value is -3.73. The number of rotatable bonds is 9. The van der Waals surface area contributed by atoms with Gasteiger partial charge in [0.15, 0.2) is 23.0 Å². The van der Waals surface area contributed by atoms with Crippen LogP contribution in [0, 0.1) is 23.6 Å². The number of allylic oxidation sites excluding steroid dienone is 1. The SMILES string of the molecule is NC(=O)C1C2C=CC(C2)C1Nc1nc(Nc2ccc(OCCN3CCCC3)c(F)c2)nc2[nH]cnc12. The van der Waals surface area contributed by atoms with E-state index in [1.165, 1.54) is 25.2 Å². The first kappa shape index (κ1) is 22.7. The third-order valence-electron chi connectivity index (χ3n) is 7.42. The molecule has 11 heteroatoms. The summed E-state index contributed by atoms with van der Waals surface area (Å²) in [6.45, 7) is 3.40. The number of aromatic amines is 1. The highest BCUT2D eigenvalue weighted by Gasteiger charge is 2.47. The molecule has 1 amide bonds. The highest BCUT2D eigenvalue weighted by molar-refractivity contribution is 5.85. The number of benzene rings is 1. The number of hydrogen-bond donors (Lipinski definition) is 4. The monoisotopic (exact) mass is 492 g/mol. The number of nitrogens with one attached hydrogen (secondary N) is 3. The van der Waals surface area contributed by atoms with Gasteiger partial charge in [0.25, 0.3) is 0 Å². The first-order valence-electron chi connectivity index (χ1n) is 12.4. The first-order chi connectivity index (χ1) is 17.5. The van der Waals surface area contributed by atoms with E-state index in [0.717, 1.165) is 26.1 Å². The Morgan fingerprint density at radius 3 is 2.86 bits per heavy atom. The van der Waals surface area contributed by atoms with Crippen LogP contribution in [0.3, 0.4) is 0 Å². The van der Waals surface area contributed by atoms with Crippen molar-refractivity contribution in [2.24, 2.45) is 23.5 Å². The molecule has 6 rings (SSSR count). The average molecular weight is 493 g/mol. The molecule has 3 aliphatic rings. The van der Waals surface area contributed by atoms with E-state index in [-0.39, 0.29) is 41.4 Å². The molecule has 3 aromatic rings. The van der Waals surface area contributed by atoms with Crippen LogP contribution < -0.4 is 21.1 Å². The van der Waals surface area contributed by atoms with Crippen molar-refractivity contribution in [1.82, 2.24) is 24.8 Å². The largest absolute Gasteiger partial charge is 0.489 e. The van der Waals surface area contributed by atoms with E-state index in [9.17, 15) is 9.18 Å². The zero-order chi connectivity index (χ0) is 24.6. The van der Waals surface area contributed by atoms with Gasteiger partial charge in [-0.25, -0.2) is 9.37 Å². The highest BCUT2D eigenvalue weighted by Crippen LogP contribution is 2.45. The summed E-state index contributed by atoms with van der Waals surface area (Å²) in [5.41, 5.74) is 7.28. The predicted molar refractivity (Wildman–Crippen MR) is 133 cm³/mol. The number of primary amides is 1. The van der Waals surface area contributed by atoms with Crippen molar-refractivity contribution < 1.29 is 13.9 Å². The zero-order valence-corrected chi connectivity index (χ0v) is 19.8. The van der Waals surface area contributed by atoms with Gasteiger partial charge in [0.05, 0.1) is 12.2 Å². The molecule has 1 aromatic carbocycles. The molecular formula is C25H29FN8O2. The number of nitrogens with two attached hydrogens (primary N) is 1. The number of halogens is 1. The van der Waals surface area contributed by atoms with Gasteiger partial charge in [-0.05, 0) is 56.3 Å². The number of carbonyl (C=O) groups excluding carboxylic acids is 1. The molecule has 2 bridgehead atoms. The fraction of sp³-hybridized carbons (Fsp3) is 0.440. The Balaban J connectivity index is 1.18. The fourth-order valence-corrected chi connectivity index (χ4v) is 5.67. The van der Waals surface area contributed by atoms with Gasteiger partial charge in [-0.3, -0.25) is 9.69 Å². The quantitative estimate of drug-likeness (QED) is 0.335. The van der Waals surface area contributed by atoms with Crippen LogP contribution in [0.4, 0.5) is 21.8 Å². The van der Waals surface area contributed by atoms with E-state index in [4.69, 9.17) is 10.5 Å². The topological polar surface area (TPSA) is 134 Å². The predicted octanol–water partition coefficient (Wildman–Crippen LogP) is 2.80. The number of amides is 1. The second-order valence-electron chi connectivity index (χ2n) is 9.71. The number of anilines is 3. The lowest BCUT2D eigenvalue weighted by atomic mass is 9.88. The molecule has 1 saturated carbocycles. The van der Waals surface area contributed by atoms with Gasteiger partial charge >= 0.3 is 0 Å². The van der Waals surface area contributed by atoms with Crippen LogP contribution in [0.25, 0.3) is 11.2 Å². The molecule has 2 aromatic heterocycles. The molecule has 2 aliphatic carbocycles. The number of likely N-dealkylation sites (tertiary alicyclic amines) is 1. The maximum Gasteiger partial charge on any atom is 0.231 e. The summed E-state index contributed by atoms with van der Waals surface area (Å²) in [5, 5.41) is 6.47. The Bertz CT molecular complexity index is 1300. The Kier molecular flexibility index (Phi) is 5.92. The lowest BCUT2D eigenvalue weighted by Gasteiger charge is -2.27. The van der Waals surface area contributed by atoms with Crippen molar-refractivity contribution in [2.45, 2.75) is 25.3 Å². The smallest absolute Gasteiger partial charge is 0.231 e. The number of fused-ring (bicyclic) bond motifs is 3. The number of imidazole rings is 1. The number of H-pyrrole nitrogens is 1. The third-order valence-corrected chi connectivity index (χ3v) is 7.42. The van der Waals surface area contributed by atoms with E-state index in [1.807, 2.05) is 0 Å². The molecule has 1 saturated heterocycles. The maximum atomic E-state index is 14.7. The molecule has 3 heterocycles. The van der Waals surface area contributed by atoms with Crippen LogP contribution in [-0.2, 0) is 4.79 Å². The van der Waals surface area contributed by atoms with E-state index >= 15 is 0 Å².